The van der Waals surface area contributed by atoms with Crippen molar-refractivity contribution in [2.75, 3.05) is 7.11 Å². The third kappa shape index (κ3) is 2.50. The number of aromatic amines is 1. The Labute approximate surface area is 128 Å². The predicted octanol–water partition coefficient (Wildman–Crippen LogP) is 3.34. The number of esters is 1. The Balaban J connectivity index is 2.19. The van der Waals surface area contributed by atoms with E-state index in [0.29, 0.717) is 11.6 Å². The van der Waals surface area contributed by atoms with E-state index in [1.807, 2.05) is 41.1 Å². The van der Waals surface area contributed by atoms with Gasteiger partial charge in [-0.15, -0.1) is 0 Å². The van der Waals surface area contributed by atoms with Crippen molar-refractivity contribution in [1.82, 2.24) is 14.8 Å². The number of nitrogens with zero attached hydrogens (tertiary/aromatic N) is 2. The van der Waals surface area contributed by atoms with Crippen molar-refractivity contribution in [2.45, 2.75) is 20.3 Å². The van der Waals surface area contributed by atoms with Crippen molar-refractivity contribution in [3.8, 4) is 5.69 Å². The fourth-order valence-electron chi connectivity index (χ4n) is 2.57. The van der Waals surface area contributed by atoms with Gasteiger partial charge in [-0.2, -0.15) is 5.10 Å². The van der Waals surface area contributed by atoms with Crippen molar-refractivity contribution in [1.29, 1.82) is 0 Å². The Hall–Kier alpha value is -2.56. The molecule has 2 heterocycles. The van der Waals surface area contributed by atoms with Gasteiger partial charge in [-0.05, 0) is 30.5 Å². The van der Waals surface area contributed by atoms with Crippen LogP contribution in [0.5, 0.6) is 0 Å². The molecular formula is C17H19N3O2. The topological polar surface area (TPSA) is 59.9 Å². The molecule has 114 valence electrons. The lowest BCUT2D eigenvalue weighted by Crippen LogP contribution is -2.04. The van der Waals surface area contributed by atoms with E-state index < -0.39 is 0 Å². The van der Waals surface area contributed by atoms with Crippen molar-refractivity contribution >= 4 is 17.0 Å². The molecule has 1 aromatic carbocycles. The number of nitrogens with one attached hydrogen (secondary N) is 1. The molecule has 0 saturated heterocycles. The van der Waals surface area contributed by atoms with Crippen LogP contribution >= 0.6 is 0 Å². The number of fused-ring (bicyclic) bond motifs is 1. The number of carbonyl (C=O) groups excluding carboxylic acids is 1. The molecule has 0 spiro atoms. The zero-order valence-electron chi connectivity index (χ0n) is 13.0. The average Bonchev–Trinajstić information content (AvgIpc) is 3.07. The first-order valence-corrected chi connectivity index (χ1v) is 7.34. The molecule has 0 radical (unpaired) electrons. The lowest BCUT2D eigenvalue weighted by atomic mass is 10.1. The van der Waals surface area contributed by atoms with Crippen LogP contribution in [0, 0.1) is 5.92 Å². The van der Waals surface area contributed by atoms with Gasteiger partial charge < -0.3 is 9.72 Å². The summed E-state index contributed by atoms with van der Waals surface area (Å²) in [5.74, 6) is 0.116. The number of hydrogen-bond donors (Lipinski definition) is 1. The van der Waals surface area contributed by atoms with E-state index in [-0.39, 0.29) is 5.97 Å². The molecule has 0 atom stereocenters. The molecular weight excluding hydrogens is 278 g/mol. The van der Waals surface area contributed by atoms with Crippen LogP contribution in [-0.4, -0.2) is 27.8 Å². The van der Waals surface area contributed by atoms with Gasteiger partial charge in [0.05, 0.1) is 18.5 Å². The third-order valence-corrected chi connectivity index (χ3v) is 3.55. The fraction of sp³-hybridized carbons (Fsp3) is 0.294. The Bertz CT molecular complexity index is 800. The number of ether oxygens (including phenoxy) is 1. The van der Waals surface area contributed by atoms with Gasteiger partial charge in [-0.1, -0.05) is 32.0 Å². The Morgan fingerprint density at radius 2 is 2.05 bits per heavy atom. The second kappa shape index (κ2) is 5.67. The number of H-pyrrole nitrogens is 1. The molecule has 0 amide bonds. The Morgan fingerprint density at radius 3 is 2.68 bits per heavy atom. The monoisotopic (exact) mass is 297 g/mol. The number of methoxy groups -OCH3 is 1. The van der Waals surface area contributed by atoms with Gasteiger partial charge in [-0.3, -0.25) is 0 Å². The van der Waals surface area contributed by atoms with Gasteiger partial charge in [-0.25, -0.2) is 9.48 Å². The Kier molecular flexibility index (Phi) is 3.71. The molecule has 0 fully saturated rings. The minimum Gasteiger partial charge on any atom is -0.464 e. The predicted molar refractivity (Wildman–Crippen MR) is 85.3 cm³/mol. The normalized spacial score (nSPS) is 11.3. The van der Waals surface area contributed by atoms with Crippen LogP contribution in [0.3, 0.4) is 0 Å². The van der Waals surface area contributed by atoms with Crippen LogP contribution in [0.15, 0.2) is 36.4 Å². The van der Waals surface area contributed by atoms with Crippen molar-refractivity contribution in [2.24, 2.45) is 5.92 Å². The highest BCUT2D eigenvalue weighted by Crippen LogP contribution is 2.25. The maximum absolute atomic E-state index is 11.8. The first-order chi connectivity index (χ1) is 10.6. The fourth-order valence-corrected chi connectivity index (χ4v) is 2.57. The lowest BCUT2D eigenvalue weighted by molar-refractivity contribution is 0.0595. The van der Waals surface area contributed by atoms with Gasteiger partial charge in [0.25, 0.3) is 0 Å². The summed E-state index contributed by atoms with van der Waals surface area (Å²) in [7, 11) is 1.38. The molecule has 0 aliphatic rings. The highest BCUT2D eigenvalue weighted by atomic mass is 16.5. The molecule has 5 heteroatoms. The number of rotatable bonds is 4. The molecule has 3 rings (SSSR count). The number of benzene rings is 1. The Morgan fingerprint density at radius 1 is 1.32 bits per heavy atom. The molecule has 0 aliphatic carbocycles. The van der Waals surface area contributed by atoms with Gasteiger partial charge in [0.2, 0.25) is 0 Å². The molecule has 2 aromatic heterocycles. The zero-order valence-corrected chi connectivity index (χ0v) is 13.0. The maximum Gasteiger partial charge on any atom is 0.354 e. The third-order valence-electron chi connectivity index (χ3n) is 3.55. The van der Waals surface area contributed by atoms with E-state index in [1.54, 1.807) is 0 Å². The quantitative estimate of drug-likeness (QED) is 0.751. The highest BCUT2D eigenvalue weighted by Gasteiger charge is 2.18. The van der Waals surface area contributed by atoms with Crippen LogP contribution in [0.4, 0.5) is 0 Å². The molecule has 3 aromatic rings. The SMILES string of the molecule is COC(=O)c1cc2c(CC(C)C)nn(-c3ccccc3)c2[nH]1. The highest BCUT2D eigenvalue weighted by molar-refractivity contribution is 5.95. The minimum absolute atomic E-state index is 0.369. The standard InChI is InChI=1S/C17H19N3O2/c1-11(2)9-14-13-10-15(17(21)22-3)18-16(13)20(19-14)12-7-5-4-6-8-12/h4-8,10-11,18H,9H2,1-3H3. The number of aromatic nitrogens is 3. The second-order valence-corrected chi connectivity index (χ2v) is 5.73. The van der Waals surface area contributed by atoms with Crippen LogP contribution in [-0.2, 0) is 11.2 Å². The smallest absolute Gasteiger partial charge is 0.354 e. The second-order valence-electron chi connectivity index (χ2n) is 5.73. The van der Waals surface area contributed by atoms with Crippen LogP contribution < -0.4 is 0 Å². The largest absolute Gasteiger partial charge is 0.464 e. The molecule has 0 aliphatic heterocycles. The van der Waals surface area contributed by atoms with Crippen LogP contribution in [0.25, 0.3) is 16.7 Å². The van der Waals surface area contributed by atoms with Gasteiger partial charge in [0.1, 0.15) is 11.3 Å². The zero-order chi connectivity index (χ0) is 15.7. The summed E-state index contributed by atoms with van der Waals surface area (Å²) < 4.78 is 6.65. The van der Waals surface area contributed by atoms with Gasteiger partial charge in [0.15, 0.2) is 0 Å². The van der Waals surface area contributed by atoms with E-state index >= 15 is 0 Å². The summed E-state index contributed by atoms with van der Waals surface area (Å²) in [6.45, 7) is 4.31. The first-order valence-electron chi connectivity index (χ1n) is 7.34. The van der Waals surface area contributed by atoms with E-state index in [2.05, 4.69) is 18.8 Å². The summed E-state index contributed by atoms with van der Waals surface area (Å²) >= 11 is 0. The molecule has 0 unspecified atom stereocenters. The summed E-state index contributed by atoms with van der Waals surface area (Å²) in [4.78, 5) is 14.9. The summed E-state index contributed by atoms with van der Waals surface area (Å²) in [6.07, 6.45) is 0.856. The van der Waals surface area contributed by atoms with E-state index in [4.69, 9.17) is 9.84 Å². The summed E-state index contributed by atoms with van der Waals surface area (Å²) in [5, 5.41) is 5.69. The molecule has 1 N–H and O–H groups in total. The van der Waals surface area contributed by atoms with E-state index in [0.717, 1.165) is 28.8 Å². The van der Waals surface area contributed by atoms with Gasteiger partial charge >= 0.3 is 5.97 Å². The molecule has 0 saturated carbocycles. The van der Waals surface area contributed by atoms with Crippen molar-refractivity contribution in [3.05, 3.63) is 47.8 Å². The maximum atomic E-state index is 11.8. The number of hydrogen-bond acceptors (Lipinski definition) is 3. The van der Waals surface area contributed by atoms with E-state index in [9.17, 15) is 4.79 Å². The summed E-state index contributed by atoms with van der Waals surface area (Å²) in [6, 6.07) is 11.7. The van der Waals surface area contributed by atoms with Gasteiger partial charge in [0, 0.05) is 5.39 Å². The van der Waals surface area contributed by atoms with Crippen LogP contribution in [0.1, 0.15) is 30.0 Å². The van der Waals surface area contributed by atoms with Crippen molar-refractivity contribution < 1.29 is 9.53 Å². The van der Waals surface area contributed by atoms with Crippen LogP contribution in [0.2, 0.25) is 0 Å². The lowest BCUT2D eigenvalue weighted by Gasteiger charge is -2.03. The molecule has 22 heavy (non-hydrogen) atoms. The number of carbonyl (C=O) groups is 1. The minimum atomic E-state index is -0.369. The molecule has 0 bridgehead atoms. The van der Waals surface area contributed by atoms with Crippen molar-refractivity contribution in [3.63, 3.8) is 0 Å². The first kappa shape index (κ1) is 14.4. The average molecular weight is 297 g/mol. The molecule has 5 nitrogen and oxygen atoms in total. The van der Waals surface area contributed by atoms with E-state index in [1.165, 1.54) is 7.11 Å². The summed E-state index contributed by atoms with van der Waals surface area (Å²) in [5.41, 5.74) is 3.22. The number of para-hydroxylation sites is 1.